The van der Waals surface area contributed by atoms with Gasteiger partial charge in [0, 0.05) is 11.8 Å². The van der Waals surface area contributed by atoms with Gasteiger partial charge < -0.3 is 0 Å². The van der Waals surface area contributed by atoms with E-state index in [9.17, 15) is 9.59 Å². The normalized spacial score (nSPS) is 40.4. The number of hydrogen-bond donors (Lipinski definition) is 0. The molecule has 48 valence electrons. The van der Waals surface area contributed by atoms with Gasteiger partial charge in [0.25, 0.3) is 0 Å². The predicted molar refractivity (Wildman–Crippen MR) is 33.8 cm³/mol. The molecule has 3 heteroatoms. The number of thioether (sulfide) groups is 1. The lowest BCUT2D eigenvalue weighted by Crippen LogP contribution is -2.27. The molecule has 0 aromatic rings. The van der Waals surface area contributed by atoms with E-state index >= 15 is 0 Å². The van der Waals surface area contributed by atoms with Crippen molar-refractivity contribution in [1.82, 2.24) is 0 Å². The van der Waals surface area contributed by atoms with E-state index in [1.807, 2.05) is 0 Å². The van der Waals surface area contributed by atoms with Crippen LogP contribution in [0.1, 0.15) is 12.8 Å². The molecule has 2 aliphatic rings. The zero-order valence-corrected chi connectivity index (χ0v) is 5.61. The van der Waals surface area contributed by atoms with Crippen LogP contribution in [-0.4, -0.2) is 10.2 Å². The van der Waals surface area contributed by atoms with Gasteiger partial charge in [-0.3, -0.25) is 9.59 Å². The first-order valence-electron chi connectivity index (χ1n) is 3.04. The molecule has 9 heavy (non-hydrogen) atoms. The van der Waals surface area contributed by atoms with Gasteiger partial charge in [0.05, 0.1) is 0 Å². The fourth-order valence-corrected chi connectivity index (χ4v) is 2.38. The fraction of sp³-hybridized carbons (Fsp3) is 0.667. The molecule has 0 unspecified atom stereocenters. The second-order valence-corrected chi connectivity index (χ2v) is 3.54. The van der Waals surface area contributed by atoms with Crippen molar-refractivity contribution in [2.24, 2.45) is 11.8 Å². The van der Waals surface area contributed by atoms with Crippen molar-refractivity contribution >= 4 is 22.0 Å². The average molecular weight is 142 g/mol. The second kappa shape index (κ2) is 1.59. The summed E-state index contributed by atoms with van der Waals surface area (Å²) in [6.45, 7) is 0. The van der Waals surface area contributed by atoms with Crippen LogP contribution in [0.3, 0.4) is 0 Å². The first-order chi connectivity index (χ1) is 4.29. The van der Waals surface area contributed by atoms with Crippen molar-refractivity contribution in [3.05, 3.63) is 0 Å². The number of carbonyl (C=O) groups is 2. The van der Waals surface area contributed by atoms with Crippen LogP contribution in [0, 0.1) is 11.8 Å². The van der Waals surface area contributed by atoms with E-state index in [4.69, 9.17) is 0 Å². The molecule has 0 aromatic carbocycles. The number of rotatable bonds is 0. The molecule has 0 radical (unpaired) electrons. The summed E-state index contributed by atoms with van der Waals surface area (Å²) in [5.74, 6) is 0.227. The highest BCUT2D eigenvalue weighted by Gasteiger charge is 2.48. The number of hydrogen-bond acceptors (Lipinski definition) is 3. The van der Waals surface area contributed by atoms with Crippen molar-refractivity contribution in [3.63, 3.8) is 0 Å². The Labute approximate surface area is 57.0 Å². The molecule has 0 aromatic heterocycles. The molecule has 1 aliphatic carbocycles. The van der Waals surface area contributed by atoms with Crippen molar-refractivity contribution in [2.45, 2.75) is 12.8 Å². The van der Waals surface area contributed by atoms with Gasteiger partial charge in [-0.15, -0.1) is 0 Å². The highest BCUT2D eigenvalue weighted by atomic mass is 32.2. The summed E-state index contributed by atoms with van der Waals surface area (Å²) in [7, 11) is 0. The predicted octanol–water partition coefficient (Wildman–Crippen LogP) is 0.813. The van der Waals surface area contributed by atoms with Gasteiger partial charge in [-0.2, -0.15) is 0 Å². The lowest BCUT2D eigenvalue weighted by atomic mass is 9.76. The molecule has 1 heterocycles. The minimum Gasteiger partial charge on any atom is -0.286 e. The molecule has 0 N–H and O–H groups in total. The Balaban J connectivity index is 2.26. The molecule has 2 rings (SSSR count). The van der Waals surface area contributed by atoms with Gasteiger partial charge in [0.2, 0.25) is 0 Å². The summed E-state index contributed by atoms with van der Waals surface area (Å²) in [6, 6.07) is 0. The molecule has 2 nitrogen and oxygen atoms in total. The maximum atomic E-state index is 10.8. The standard InChI is InChI=1S/C6H6O2S/c7-5-3-1-2-4(3)6(8)9-5/h3-4H,1-2H2/t3-,4+. The second-order valence-electron chi connectivity index (χ2n) is 2.53. The Morgan fingerprint density at radius 2 is 1.56 bits per heavy atom. The van der Waals surface area contributed by atoms with Crippen LogP contribution in [0.2, 0.25) is 0 Å². The van der Waals surface area contributed by atoms with E-state index in [1.54, 1.807) is 0 Å². The minimum absolute atomic E-state index is 0.108. The largest absolute Gasteiger partial charge is 0.286 e. The molecule has 1 saturated heterocycles. The molecule has 0 bridgehead atoms. The van der Waals surface area contributed by atoms with Gasteiger partial charge >= 0.3 is 0 Å². The maximum absolute atomic E-state index is 10.8. The highest BCUT2D eigenvalue weighted by molar-refractivity contribution is 8.26. The lowest BCUT2D eigenvalue weighted by molar-refractivity contribution is -0.123. The maximum Gasteiger partial charge on any atom is 0.200 e. The Morgan fingerprint density at radius 1 is 1.11 bits per heavy atom. The van der Waals surface area contributed by atoms with Crippen LogP contribution in [0.5, 0.6) is 0 Å². The summed E-state index contributed by atoms with van der Waals surface area (Å²) in [6.07, 6.45) is 1.89. The van der Waals surface area contributed by atoms with Crippen LogP contribution in [0.25, 0.3) is 0 Å². The van der Waals surface area contributed by atoms with Gasteiger partial charge in [0.1, 0.15) is 0 Å². The molecule has 0 amide bonds. The van der Waals surface area contributed by atoms with E-state index in [0.717, 1.165) is 24.6 Å². The molecule has 2 atom stereocenters. The average Bonchev–Trinajstić information content (AvgIpc) is 1.73. The number of fused-ring (bicyclic) bond motifs is 1. The third-order valence-electron chi connectivity index (χ3n) is 2.08. The van der Waals surface area contributed by atoms with E-state index in [2.05, 4.69) is 0 Å². The van der Waals surface area contributed by atoms with E-state index in [0.29, 0.717) is 0 Å². The Kier molecular flexibility index (Phi) is 0.970. The van der Waals surface area contributed by atoms with E-state index in [-0.39, 0.29) is 22.1 Å². The minimum atomic E-state index is 0.108. The molecular weight excluding hydrogens is 136 g/mol. The lowest BCUT2D eigenvalue weighted by Gasteiger charge is -2.25. The van der Waals surface area contributed by atoms with E-state index < -0.39 is 0 Å². The Hall–Kier alpha value is -0.310. The van der Waals surface area contributed by atoms with Crippen molar-refractivity contribution in [1.29, 1.82) is 0 Å². The molecule has 1 saturated carbocycles. The van der Waals surface area contributed by atoms with Crippen molar-refractivity contribution in [2.75, 3.05) is 0 Å². The van der Waals surface area contributed by atoms with Gasteiger partial charge in [0.15, 0.2) is 10.2 Å². The van der Waals surface area contributed by atoms with Crippen LogP contribution < -0.4 is 0 Å². The zero-order valence-electron chi connectivity index (χ0n) is 4.79. The Bertz CT molecular complexity index is 167. The first-order valence-corrected chi connectivity index (χ1v) is 3.86. The Morgan fingerprint density at radius 3 is 1.78 bits per heavy atom. The topological polar surface area (TPSA) is 34.1 Å². The molecule has 1 aliphatic heterocycles. The third-order valence-corrected chi connectivity index (χ3v) is 3.09. The van der Waals surface area contributed by atoms with Crippen LogP contribution in [0.4, 0.5) is 0 Å². The fourth-order valence-electron chi connectivity index (χ4n) is 1.31. The summed E-state index contributed by atoms with van der Waals surface area (Å²) >= 11 is 0.921. The summed E-state index contributed by atoms with van der Waals surface area (Å²) in [5, 5.41) is 0.215. The quantitative estimate of drug-likeness (QED) is 0.502. The number of carbonyl (C=O) groups excluding carboxylic acids is 2. The zero-order chi connectivity index (χ0) is 6.43. The first kappa shape index (κ1) is 5.47. The van der Waals surface area contributed by atoms with Gasteiger partial charge in [-0.05, 0) is 24.6 Å². The molecule has 0 spiro atoms. The smallest absolute Gasteiger partial charge is 0.200 e. The van der Waals surface area contributed by atoms with E-state index in [1.165, 1.54) is 0 Å². The van der Waals surface area contributed by atoms with Gasteiger partial charge in [-0.25, -0.2) is 0 Å². The summed E-state index contributed by atoms with van der Waals surface area (Å²) in [4.78, 5) is 21.6. The monoisotopic (exact) mass is 142 g/mol. The van der Waals surface area contributed by atoms with Gasteiger partial charge in [-0.1, -0.05) is 0 Å². The van der Waals surface area contributed by atoms with Crippen LogP contribution in [0.15, 0.2) is 0 Å². The SMILES string of the molecule is O=C1SC(=O)[C@@H]2CC[C@H]12. The summed E-state index contributed by atoms with van der Waals surface area (Å²) in [5.41, 5.74) is 0. The van der Waals surface area contributed by atoms with Crippen molar-refractivity contribution in [3.8, 4) is 0 Å². The molecular formula is C6H6O2S. The summed E-state index contributed by atoms with van der Waals surface area (Å²) < 4.78 is 0. The van der Waals surface area contributed by atoms with Crippen molar-refractivity contribution < 1.29 is 9.59 Å². The van der Waals surface area contributed by atoms with Crippen LogP contribution in [-0.2, 0) is 9.59 Å². The molecule has 2 fully saturated rings. The third kappa shape index (κ3) is 0.582. The highest BCUT2D eigenvalue weighted by Crippen LogP contribution is 2.46. The van der Waals surface area contributed by atoms with Crippen LogP contribution >= 0.6 is 11.8 Å².